The molecule has 1 heteroatoms. The van der Waals surface area contributed by atoms with Crippen molar-refractivity contribution in [3.63, 3.8) is 0 Å². The summed E-state index contributed by atoms with van der Waals surface area (Å²) >= 11 is 0. The molecule has 0 heterocycles. The largest absolute Gasteiger partial charge is 0.294 e. The summed E-state index contributed by atoms with van der Waals surface area (Å²) in [6.07, 6.45) is 7.61. The molecule has 1 aromatic rings. The Kier molecular flexibility index (Phi) is 8.78. The summed E-state index contributed by atoms with van der Waals surface area (Å²) in [5.41, 5.74) is 4.58. The molecule has 0 saturated heterocycles. The minimum absolute atomic E-state index is 0.596. The molecule has 0 aliphatic heterocycles. The van der Waals surface area contributed by atoms with Crippen molar-refractivity contribution in [2.75, 3.05) is 0 Å². The first-order chi connectivity index (χ1) is 10.5. The lowest BCUT2D eigenvalue weighted by Gasteiger charge is -2.31. The van der Waals surface area contributed by atoms with Crippen LogP contribution in [0.15, 0.2) is 18.2 Å². The molecule has 0 atom stereocenters. The van der Waals surface area contributed by atoms with Gasteiger partial charge in [-0.3, -0.25) is 4.90 Å². The Bertz CT molecular complexity index is 386. The first-order valence-corrected chi connectivity index (χ1v) is 9.35. The van der Waals surface area contributed by atoms with Crippen LogP contribution in [0.1, 0.15) is 83.9 Å². The summed E-state index contributed by atoms with van der Waals surface area (Å²) in [5.74, 6) is 0. The molecule has 1 nitrogen and oxygen atoms in total. The molecule has 0 amide bonds. The number of hydrogen-bond donors (Lipinski definition) is 0. The lowest BCUT2D eigenvalue weighted by molar-refractivity contribution is 0.166. The molecule has 0 aromatic heterocycles. The summed E-state index contributed by atoms with van der Waals surface area (Å²) < 4.78 is 0. The minimum atomic E-state index is 0.596. The van der Waals surface area contributed by atoms with Crippen LogP contribution in [-0.4, -0.2) is 17.0 Å². The molecule has 0 radical (unpaired) electrons. The average Bonchev–Trinajstić information content (AvgIpc) is 2.47. The van der Waals surface area contributed by atoms with E-state index >= 15 is 0 Å². The van der Waals surface area contributed by atoms with Crippen molar-refractivity contribution in [2.45, 2.75) is 98.7 Å². The van der Waals surface area contributed by atoms with Crippen molar-refractivity contribution in [2.24, 2.45) is 0 Å². The Morgan fingerprint density at radius 3 is 1.50 bits per heavy atom. The maximum Gasteiger partial charge on any atom is 0.0239 e. The van der Waals surface area contributed by atoms with Gasteiger partial charge in [0.1, 0.15) is 0 Å². The Labute approximate surface area is 139 Å². The summed E-state index contributed by atoms with van der Waals surface area (Å²) in [7, 11) is 0. The van der Waals surface area contributed by atoms with Gasteiger partial charge in [0.05, 0.1) is 0 Å². The van der Waals surface area contributed by atoms with Crippen LogP contribution in [0.2, 0.25) is 0 Å². The number of aryl methyl sites for hydroxylation is 2. The van der Waals surface area contributed by atoms with Gasteiger partial charge in [-0.05, 0) is 70.1 Å². The molecule has 1 rings (SSSR count). The van der Waals surface area contributed by atoms with E-state index in [-0.39, 0.29) is 0 Å². The van der Waals surface area contributed by atoms with Crippen LogP contribution in [-0.2, 0) is 19.4 Å². The summed E-state index contributed by atoms with van der Waals surface area (Å²) in [6.45, 7) is 14.9. The highest BCUT2D eigenvalue weighted by molar-refractivity contribution is 5.30. The van der Waals surface area contributed by atoms with Crippen molar-refractivity contribution < 1.29 is 0 Å². The monoisotopic (exact) mass is 303 g/mol. The predicted octanol–water partition coefficient (Wildman–Crippen LogP) is 5.99. The van der Waals surface area contributed by atoms with E-state index in [1.54, 1.807) is 0 Å². The second-order valence-electron chi connectivity index (χ2n) is 7.22. The zero-order valence-corrected chi connectivity index (χ0v) is 15.8. The third kappa shape index (κ3) is 6.52. The Balaban J connectivity index is 2.94. The molecule has 0 aliphatic carbocycles. The van der Waals surface area contributed by atoms with Crippen LogP contribution in [0.25, 0.3) is 0 Å². The zero-order chi connectivity index (χ0) is 16.5. The Morgan fingerprint density at radius 2 is 1.14 bits per heavy atom. The van der Waals surface area contributed by atoms with Gasteiger partial charge >= 0.3 is 0 Å². The number of rotatable bonds is 10. The van der Waals surface area contributed by atoms with Crippen LogP contribution >= 0.6 is 0 Å². The molecule has 0 N–H and O–H groups in total. The highest BCUT2D eigenvalue weighted by atomic mass is 15.2. The number of nitrogens with zero attached hydrogens (tertiary/aromatic N) is 1. The molecule has 0 aliphatic rings. The van der Waals surface area contributed by atoms with Crippen LogP contribution in [0.5, 0.6) is 0 Å². The fraction of sp³-hybridized carbons (Fsp3) is 0.714. The second-order valence-corrected chi connectivity index (χ2v) is 7.22. The molecule has 22 heavy (non-hydrogen) atoms. The van der Waals surface area contributed by atoms with Gasteiger partial charge in [-0.1, -0.05) is 44.9 Å². The average molecular weight is 304 g/mol. The van der Waals surface area contributed by atoms with Crippen molar-refractivity contribution in [3.8, 4) is 0 Å². The molecule has 126 valence electrons. The maximum atomic E-state index is 2.59. The minimum Gasteiger partial charge on any atom is -0.294 e. The van der Waals surface area contributed by atoms with E-state index in [0.29, 0.717) is 12.1 Å². The van der Waals surface area contributed by atoms with E-state index in [9.17, 15) is 0 Å². The lowest BCUT2D eigenvalue weighted by Crippen LogP contribution is -2.36. The van der Waals surface area contributed by atoms with Gasteiger partial charge in [0.15, 0.2) is 0 Å². The number of unbranched alkanes of at least 4 members (excludes halogenated alkanes) is 2. The Morgan fingerprint density at radius 1 is 0.727 bits per heavy atom. The first-order valence-electron chi connectivity index (χ1n) is 9.35. The molecule has 0 unspecified atom stereocenters. The third-order valence-corrected chi connectivity index (χ3v) is 4.44. The molecular weight excluding hydrogens is 266 g/mol. The topological polar surface area (TPSA) is 3.24 Å². The number of benzene rings is 1. The zero-order valence-electron chi connectivity index (χ0n) is 15.8. The quantitative estimate of drug-likeness (QED) is 0.513. The second kappa shape index (κ2) is 10.0. The molecule has 0 spiro atoms. The van der Waals surface area contributed by atoms with Crippen molar-refractivity contribution in [3.05, 3.63) is 34.9 Å². The van der Waals surface area contributed by atoms with Gasteiger partial charge < -0.3 is 0 Å². The molecular formula is C21H37N. The molecule has 0 fully saturated rings. The number of hydrogen-bond acceptors (Lipinski definition) is 1. The smallest absolute Gasteiger partial charge is 0.0239 e. The molecule has 0 bridgehead atoms. The Hall–Kier alpha value is -0.820. The van der Waals surface area contributed by atoms with Gasteiger partial charge in [-0.2, -0.15) is 0 Å². The van der Waals surface area contributed by atoms with E-state index in [1.165, 1.54) is 55.2 Å². The maximum absolute atomic E-state index is 2.59. The van der Waals surface area contributed by atoms with Gasteiger partial charge in [0, 0.05) is 18.6 Å². The van der Waals surface area contributed by atoms with Crippen LogP contribution < -0.4 is 0 Å². The van der Waals surface area contributed by atoms with Gasteiger partial charge in [-0.25, -0.2) is 0 Å². The predicted molar refractivity (Wildman–Crippen MR) is 99.5 cm³/mol. The molecule has 1 aromatic carbocycles. The van der Waals surface area contributed by atoms with E-state index in [2.05, 4.69) is 64.6 Å². The normalized spacial score (nSPS) is 11.9. The summed E-state index contributed by atoms with van der Waals surface area (Å²) in [5, 5.41) is 0. The van der Waals surface area contributed by atoms with Gasteiger partial charge in [-0.15, -0.1) is 0 Å². The van der Waals surface area contributed by atoms with Crippen LogP contribution in [0.4, 0.5) is 0 Å². The SMILES string of the molecule is CCCCc1cc(CCCC)cc(CN(C(C)C)C(C)C)c1. The standard InChI is InChI=1S/C21H37N/c1-7-9-11-19-13-20(12-10-8-2)15-21(14-19)16-22(17(3)4)18(5)6/h13-15,17-18H,7-12,16H2,1-6H3. The highest BCUT2D eigenvalue weighted by Crippen LogP contribution is 2.19. The lowest BCUT2D eigenvalue weighted by atomic mass is 9.98. The van der Waals surface area contributed by atoms with Crippen molar-refractivity contribution in [1.82, 2.24) is 4.90 Å². The summed E-state index contributed by atoms with van der Waals surface area (Å²) in [4.78, 5) is 2.59. The summed E-state index contributed by atoms with van der Waals surface area (Å²) in [6, 6.07) is 8.53. The fourth-order valence-corrected chi connectivity index (χ4v) is 3.15. The van der Waals surface area contributed by atoms with Crippen LogP contribution in [0.3, 0.4) is 0 Å². The fourth-order valence-electron chi connectivity index (χ4n) is 3.15. The van der Waals surface area contributed by atoms with Gasteiger partial charge in [0.2, 0.25) is 0 Å². The van der Waals surface area contributed by atoms with E-state index < -0.39 is 0 Å². The molecule has 0 saturated carbocycles. The third-order valence-electron chi connectivity index (χ3n) is 4.44. The highest BCUT2D eigenvalue weighted by Gasteiger charge is 2.14. The van der Waals surface area contributed by atoms with E-state index in [1.807, 2.05) is 0 Å². The van der Waals surface area contributed by atoms with Crippen molar-refractivity contribution >= 4 is 0 Å². The van der Waals surface area contributed by atoms with Gasteiger partial charge in [0.25, 0.3) is 0 Å². The van der Waals surface area contributed by atoms with Crippen LogP contribution in [0, 0.1) is 0 Å². The van der Waals surface area contributed by atoms with E-state index in [4.69, 9.17) is 0 Å². The van der Waals surface area contributed by atoms with E-state index in [0.717, 1.165) is 6.54 Å². The van der Waals surface area contributed by atoms with Crippen molar-refractivity contribution in [1.29, 1.82) is 0 Å². The first kappa shape index (κ1) is 19.2.